The van der Waals surface area contributed by atoms with Crippen LogP contribution in [0.2, 0.25) is 0 Å². The summed E-state index contributed by atoms with van der Waals surface area (Å²) in [5.74, 6) is 0.734. The van der Waals surface area contributed by atoms with E-state index in [0.717, 1.165) is 18.7 Å². The fourth-order valence-electron chi connectivity index (χ4n) is 4.10. The van der Waals surface area contributed by atoms with Crippen LogP contribution in [0.4, 0.5) is 5.95 Å². The first kappa shape index (κ1) is 23.1. The van der Waals surface area contributed by atoms with Crippen LogP contribution in [0, 0.1) is 0 Å². The van der Waals surface area contributed by atoms with E-state index in [-0.39, 0.29) is 11.9 Å². The molecule has 4 rings (SSSR count). The van der Waals surface area contributed by atoms with E-state index in [1.807, 2.05) is 18.2 Å². The molecule has 1 aromatic heterocycles. The molecule has 8 nitrogen and oxygen atoms in total. The predicted molar refractivity (Wildman–Crippen MR) is 129 cm³/mol. The van der Waals surface area contributed by atoms with Crippen LogP contribution in [0.25, 0.3) is 0 Å². The molecule has 33 heavy (non-hydrogen) atoms. The molecule has 0 spiro atoms. The topological polar surface area (TPSA) is 83.0 Å². The lowest BCUT2D eigenvalue weighted by atomic mass is 10.0. The number of nitrogens with one attached hydrogen (secondary N) is 1. The number of amidine groups is 1. The molecule has 1 saturated heterocycles. The minimum Gasteiger partial charge on any atom is -0.379 e. The fourth-order valence-corrected chi connectivity index (χ4v) is 4.29. The van der Waals surface area contributed by atoms with Gasteiger partial charge in [0, 0.05) is 55.9 Å². The van der Waals surface area contributed by atoms with E-state index in [9.17, 15) is 4.79 Å². The zero-order chi connectivity index (χ0) is 23.2. The lowest BCUT2D eigenvalue weighted by Crippen LogP contribution is -2.44. The molecular weight excluding hydrogens is 440 g/mol. The first-order chi connectivity index (χ1) is 16.1. The first-order valence-corrected chi connectivity index (χ1v) is 11.2. The largest absolute Gasteiger partial charge is 0.379 e. The number of nitrogens with zero attached hydrogens (tertiary/aromatic N) is 5. The van der Waals surface area contributed by atoms with Gasteiger partial charge in [-0.3, -0.25) is 19.6 Å². The van der Waals surface area contributed by atoms with Crippen LogP contribution in [0.1, 0.15) is 18.5 Å². The van der Waals surface area contributed by atoms with Gasteiger partial charge in [0.2, 0.25) is 5.95 Å². The zero-order valence-electron chi connectivity index (χ0n) is 18.7. The van der Waals surface area contributed by atoms with Gasteiger partial charge in [-0.25, -0.2) is 9.97 Å². The average Bonchev–Trinajstić information content (AvgIpc) is 3.26. The quantitative estimate of drug-likeness (QED) is 0.704. The normalized spacial score (nSPS) is 20.5. The van der Waals surface area contributed by atoms with E-state index < -0.39 is 0 Å². The van der Waals surface area contributed by atoms with E-state index in [2.05, 4.69) is 37.3 Å². The van der Waals surface area contributed by atoms with E-state index in [0.29, 0.717) is 47.7 Å². The molecular formula is C24H27ClN6O2. The van der Waals surface area contributed by atoms with Crippen LogP contribution >= 0.6 is 11.6 Å². The third kappa shape index (κ3) is 5.13. The Labute approximate surface area is 198 Å². The molecule has 2 aromatic rings. The molecule has 3 heterocycles. The highest BCUT2D eigenvalue weighted by Gasteiger charge is 2.34. The Kier molecular flexibility index (Phi) is 7.49. The van der Waals surface area contributed by atoms with Gasteiger partial charge in [0.15, 0.2) is 0 Å². The number of benzene rings is 1. The van der Waals surface area contributed by atoms with Gasteiger partial charge in [-0.2, -0.15) is 0 Å². The van der Waals surface area contributed by atoms with Gasteiger partial charge >= 0.3 is 0 Å². The Hall–Kier alpha value is -3.07. The molecule has 1 unspecified atom stereocenters. The summed E-state index contributed by atoms with van der Waals surface area (Å²) in [7, 11) is 1.66. The van der Waals surface area contributed by atoms with Gasteiger partial charge in [-0.1, -0.05) is 41.9 Å². The zero-order valence-corrected chi connectivity index (χ0v) is 19.5. The van der Waals surface area contributed by atoms with Gasteiger partial charge in [-0.15, -0.1) is 0 Å². The van der Waals surface area contributed by atoms with Gasteiger partial charge < -0.3 is 10.1 Å². The van der Waals surface area contributed by atoms with Gasteiger partial charge in [0.05, 0.1) is 24.8 Å². The number of halogens is 1. The summed E-state index contributed by atoms with van der Waals surface area (Å²) in [4.78, 5) is 30.4. The summed E-state index contributed by atoms with van der Waals surface area (Å²) >= 11 is 6.42. The maximum Gasteiger partial charge on any atom is 0.253 e. The minimum absolute atomic E-state index is 0.0402. The van der Waals surface area contributed by atoms with Gasteiger partial charge in [0.1, 0.15) is 5.84 Å². The van der Waals surface area contributed by atoms with E-state index >= 15 is 0 Å². The molecule has 1 aromatic carbocycles. The summed E-state index contributed by atoms with van der Waals surface area (Å²) in [6, 6.07) is 12.0. The molecule has 1 amide bonds. The Bertz CT molecular complexity index is 1060. The minimum atomic E-state index is -0.223. The highest BCUT2D eigenvalue weighted by atomic mass is 35.5. The number of hydrogen-bond donors (Lipinski definition) is 1. The van der Waals surface area contributed by atoms with Crippen molar-refractivity contribution in [1.82, 2.24) is 20.2 Å². The molecule has 0 saturated carbocycles. The first-order valence-electron chi connectivity index (χ1n) is 10.9. The fraction of sp³-hybridized carbons (Fsp3) is 0.333. The van der Waals surface area contributed by atoms with Crippen LogP contribution in [0.15, 0.2) is 76.2 Å². The smallest absolute Gasteiger partial charge is 0.253 e. The summed E-state index contributed by atoms with van der Waals surface area (Å²) in [5, 5.41) is 3.59. The Morgan fingerprint density at radius 3 is 2.52 bits per heavy atom. The lowest BCUT2D eigenvalue weighted by Gasteiger charge is -2.35. The van der Waals surface area contributed by atoms with Crippen molar-refractivity contribution < 1.29 is 9.53 Å². The predicted octanol–water partition coefficient (Wildman–Crippen LogP) is 2.91. The average molecular weight is 467 g/mol. The number of aliphatic imine (C=N–C) groups is 1. The molecule has 172 valence electrons. The van der Waals surface area contributed by atoms with Crippen LogP contribution in [0.3, 0.4) is 0 Å². The summed E-state index contributed by atoms with van der Waals surface area (Å²) in [6.07, 6.45) is 4.98. The molecule has 2 aliphatic heterocycles. The second-order valence-electron chi connectivity index (χ2n) is 7.70. The molecule has 0 aliphatic carbocycles. The highest BCUT2D eigenvalue weighted by Crippen LogP contribution is 2.31. The van der Waals surface area contributed by atoms with E-state index in [4.69, 9.17) is 16.3 Å². The maximum absolute atomic E-state index is 13.4. The van der Waals surface area contributed by atoms with Gasteiger partial charge in [0.25, 0.3) is 5.91 Å². The maximum atomic E-state index is 13.4. The second-order valence-corrected chi connectivity index (χ2v) is 8.27. The summed E-state index contributed by atoms with van der Waals surface area (Å²) in [6.45, 7) is 5.20. The van der Waals surface area contributed by atoms with Crippen LogP contribution < -0.4 is 10.2 Å². The molecule has 1 fully saturated rings. The number of aromatic nitrogens is 2. The van der Waals surface area contributed by atoms with Crippen LogP contribution in [-0.4, -0.2) is 66.5 Å². The SMILES string of the molecule is C/N=C1\C(=C(/C)Cl)C(C(=O)NCC(c2ccccc2)N2CCOCC2)=CN1c1ncccn1. The highest BCUT2D eigenvalue weighted by molar-refractivity contribution is 6.36. The van der Waals surface area contributed by atoms with Crippen molar-refractivity contribution in [1.29, 1.82) is 0 Å². The Balaban J connectivity index is 1.58. The monoisotopic (exact) mass is 466 g/mol. The van der Waals surface area contributed by atoms with Gasteiger partial charge in [-0.05, 0) is 18.6 Å². The molecule has 0 bridgehead atoms. The van der Waals surface area contributed by atoms with Crippen molar-refractivity contribution in [2.45, 2.75) is 13.0 Å². The van der Waals surface area contributed by atoms with Crippen LogP contribution in [0.5, 0.6) is 0 Å². The number of allylic oxidation sites excluding steroid dienone is 1. The number of anilines is 1. The van der Waals surface area contributed by atoms with Crippen molar-refractivity contribution in [3.63, 3.8) is 0 Å². The number of carbonyl (C=O) groups excluding carboxylic acids is 1. The number of ether oxygens (including phenoxy) is 1. The number of hydrogen-bond acceptors (Lipinski definition) is 6. The second kappa shape index (κ2) is 10.7. The number of morpholine rings is 1. The van der Waals surface area contributed by atoms with Crippen molar-refractivity contribution >= 4 is 29.3 Å². The molecule has 1 N–H and O–H groups in total. The molecule has 9 heteroatoms. The standard InChI is InChI=1S/C24H27ClN6O2/c1-17(25)21-19(16-31(22(21)26-2)24-27-9-6-10-28-24)23(32)29-15-20(18-7-4-3-5-8-18)30-11-13-33-14-12-30/h3-10,16,20H,11-15H2,1-2H3,(H,29,32)/b21-17+,26-22+. The van der Waals surface area contributed by atoms with Crippen molar-refractivity contribution in [2.24, 2.45) is 4.99 Å². The van der Waals surface area contributed by atoms with Crippen molar-refractivity contribution in [3.05, 3.63) is 76.7 Å². The third-order valence-corrected chi connectivity index (χ3v) is 5.86. The van der Waals surface area contributed by atoms with Crippen LogP contribution in [-0.2, 0) is 9.53 Å². The summed E-state index contributed by atoms with van der Waals surface area (Å²) < 4.78 is 5.52. The van der Waals surface area contributed by atoms with Crippen molar-refractivity contribution in [3.8, 4) is 0 Å². The third-order valence-electron chi connectivity index (χ3n) is 5.67. The lowest BCUT2D eigenvalue weighted by molar-refractivity contribution is -0.117. The summed E-state index contributed by atoms with van der Waals surface area (Å²) in [5.41, 5.74) is 2.16. The van der Waals surface area contributed by atoms with E-state index in [1.165, 1.54) is 0 Å². The Morgan fingerprint density at radius 2 is 1.88 bits per heavy atom. The molecule has 1 atom stereocenters. The van der Waals surface area contributed by atoms with E-state index in [1.54, 1.807) is 43.5 Å². The number of carbonyl (C=O) groups is 1. The number of rotatable bonds is 6. The van der Waals surface area contributed by atoms with Crippen molar-refractivity contribution in [2.75, 3.05) is 44.8 Å². The molecule has 0 radical (unpaired) electrons. The molecule has 2 aliphatic rings. The Morgan fingerprint density at radius 1 is 1.18 bits per heavy atom. The number of amides is 1.